The zero-order valence-electron chi connectivity index (χ0n) is 15.0. The summed E-state index contributed by atoms with van der Waals surface area (Å²) in [4.78, 5) is 12.4. The molecule has 0 aliphatic carbocycles. The van der Waals surface area contributed by atoms with E-state index in [0.717, 1.165) is 18.2 Å². The second-order valence-electron chi connectivity index (χ2n) is 6.29. The van der Waals surface area contributed by atoms with Gasteiger partial charge in [0.05, 0.1) is 11.9 Å². The highest BCUT2D eigenvalue weighted by Crippen LogP contribution is 2.22. The van der Waals surface area contributed by atoms with Gasteiger partial charge in [0.2, 0.25) is 10.0 Å². The van der Waals surface area contributed by atoms with Crippen LogP contribution >= 0.6 is 0 Å². The van der Waals surface area contributed by atoms with Crippen LogP contribution in [0.2, 0.25) is 0 Å². The summed E-state index contributed by atoms with van der Waals surface area (Å²) in [5.41, 5.74) is 3.48. The summed E-state index contributed by atoms with van der Waals surface area (Å²) in [6, 6.07) is 12.7. The Bertz CT molecular complexity index is 859. The third-order valence-corrected chi connectivity index (χ3v) is 4.74. The van der Waals surface area contributed by atoms with Crippen molar-refractivity contribution in [2.24, 2.45) is 0 Å². The molecule has 0 saturated carbocycles. The van der Waals surface area contributed by atoms with Crippen LogP contribution in [-0.2, 0) is 10.0 Å². The van der Waals surface area contributed by atoms with Gasteiger partial charge in [-0.2, -0.15) is 0 Å². The lowest BCUT2D eigenvalue weighted by Gasteiger charge is -2.12. The topological polar surface area (TPSA) is 75.3 Å². The molecule has 0 unspecified atom stereocenters. The van der Waals surface area contributed by atoms with Crippen LogP contribution in [-0.4, -0.2) is 20.6 Å². The molecule has 134 valence electrons. The van der Waals surface area contributed by atoms with Crippen molar-refractivity contribution in [1.82, 2.24) is 0 Å². The van der Waals surface area contributed by atoms with Crippen LogP contribution in [0.4, 0.5) is 11.4 Å². The number of carbonyl (C=O) groups is 1. The molecule has 0 aliphatic rings. The highest BCUT2D eigenvalue weighted by atomic mass is 32.2. The number of carbonyl (C=O) groups excluding carboxylic acids is 1. The van der Waals surface area contributed by atoms with Gasteiger partial charge in [0.1, 0.15) is 0 Å². The highest BCUT2D eigenvalue weighted by Gasteiger charge is 2.11. The molecule has 2 rings (SSSR count). The number of hydrogen-bond donors (Lipinski definition) is 2. The van der Waals surface area contributed by atoms with Gasteiger partial charge in [-0.1, -0.05) is 32.0 Å². The van der Waals surface area contributed by atoms with Crippen molar-refractivity contribution in [1.29, 1.82) is 0 Å². The van der Waals surface area contributed by atoms with Crippen LogP contribution in [0.3, 0.4) is 0 Å². The van der Waals surface area contributed by atoms with Crippen molar-refractivity contribution in [2.45, 2.75) is 33.1 Å². The van der Waals surface area contributed by atoms with Crippen molar-refractivity contribution in [3.63, 3.8) is 0 Å². The van der Waals surface area contributed by atoms with E-state index in [9.17, 15) is 13.2 Å². The Kier molecular flexibility index (Phi) is 5.85. The van der Waals surface area contributed by atoms with Gasteiger partial charge in [0.15, 0.2) is 0 Å². The van der Waals surface area contributed by atoms with E-state index in [1.165, 1.54) is 5.56 Å². The Labute approximate surface area is 149 Å². The number of benzene rings is 2. The fourth-order valence-electron chi connectivity index (χ4n) is 2.41. The maximum Gasteiger partial charge on any atom is 0.255 e. The first-order valence-corrected chi connectivity index (χ1v) is 10.1. The summed E-state index contributed by atoms with van der Waals surface area (Å²) < 4.78 is 25.3. The Balaban J connectivity index is 2.17. The predicted molar refractivity (Wildman–Crippen MR) is 103 cm³/mol. The molecule has 6 heteroatoms. The first-order chi connectivity index (χ1) is 11.7. The number of aryl methyl sites for hydroxylation is 1. The average molecular weight is 360 g/mol. The van der Waals surface area contributed by atoms with Gasteiger partial charge in [0, 0.05) is 11.3 Å². The molecule has 1 amide bonds. The maximum atomic E-state index is 12.4. The SMILES string of the molecule is CC[C@@H](C)c1ccc(NC(=O)c2ccc(C)c(NS(C)(=O)=O)c2)cc1. The van der Waals surface area contributed by atoms with Crippen LogP contribution in [0, 0.1) is 6.92 Å². The Hall–Kier alpha value is -2.34. The summed E-state index contributed by atoms with van der Waals surface area (Å²) in [6.07, 6.45) is 2.14. The van der Waals surface area contributed by atoms with E-state index in [1.807, 2.05) is 24.3 Å². The van der Waals surface area contributed by atoms with Crippen molar-refractivity contribution in [3.05, 3.63) is 59.2 Å². The van der Waals surface area contributed by atoms with Gasteiger partial charge in [-0.15, -0.1) is 0 Å². The zero-order chi connectivity index (χ0) is 18.6. The zero-order valence-corrected chi connectivity index (χ0v) is 15.8. The van der Waals surface area contributed by atoms with E-state index in [0.29, 0.717) is 22.9 Å². The molecule has 2 aromatic carbocycles. The van der Waals surface area contributed by atoms with Crippen LogP contribution in [0.15, 0.2) is 42.5 Å². The van der Waals surface area contributed by atoms with Crippen molar-refractivity contribution in [3.8, 4) is 0 Å². The second kappa shape index (κ2) is 7.70. The fourth-order valence-corrected chi connectivity index (χ4v) is 3.03. The normalized spacial score (nSPS) is 12.5. The summed E-state index contributed by atoms with van der Waals surface area (Å²) >= 11 is 0. The largest absolute Gasteiger partial charge is 0.322 e. The number of nitrogens with one attached hydrogen (secondary N) is 2. The molecule has 0 saturated heterocycles. The minimum Gasteiger partial charge on any atom is -0.322 e. The molecule has 0 aliphatic heterocycles. The minimum absolute atomic E-state index is 0.284. The van der Waals surface area contributed by atoms with Gasteiger partial charge < -0.3 is 5.32 Å². The molecule has 0 fully saturated rings. The highest BCUT2D eigenvalue weighted by molar-refractivity contribution is 7.92. The van der Waals surface area contributed by atoms with E-state index < -0.39 is 10.0 Å². The van der Waals surface area contributed by atoms with Crippen LogP contribution in [0.5, 0.6) is 0 Å². The molecule has 0 radical (unpaired) electrons. The van der Waals surface area contributed by atoms with E-state index in [1.54, 1.807) is 25.1 Å². The van der Waals surface area contributed by atoms with Crippen molar-refractivity contribution < 1.29 is 13.2 Å². The van der Waals surface area contributed by atoms with Gasteiger partial charge in [0.25, 0.3) is 5.91 Å². The smallest absolute Gasteiger partial charge is 0.255 e. The monoisotopic (exact) mass is 360 g/mol. The molecule has 2 N–H and O–H groups in total. The first kappa shape index (κ1) is 19.0. The van der Waals surface area contributed by atoms with Gasteiger partial charge in [-0.3, -0.25) is 9.52 Å². The lowest BCUT2D eigenvalue weighted by atomic mass is 9.98. The van der Waals surface area contributed by atoms with Crippen LogP contribution in [0.1, 0.15) is 47.7 Å². The molecule has 0 heterocycles. The molecule has 5 nitrogen and oxygen atoms in total. The van der Waals surface area contributed by atoms with Crippen molar-refractivity contribution >= 4 is 27.3 Å². The second-order valence-corrected chi connectivity index (χ2v) is 8.04. The van der Waals surface area contributed by atoms with E-state index in [2.05, 4.69) is 23.9 Å². The summed E-state index contributed by atoms with van der Waals surface area (Å²) in [6.45, 7) is 6.08. The summed E-state index contributed by atoms with van der Waals surface area (Å²) in [7, 11) is -3.40. The van der Waals surface area contributed by atoms with Gasteiger partial charge in [-0.05, 0) is 54.7 Å². The van der Waals surface area contributed by atoms with Crippen LogP contribution < -0.4 is 10.0 Å². The third kappa shape index (κ3) is 5.32. The Morgan fingerprint density at radius 1 is 1.12 bits per heavy atom. The van der Waals surface area contributed by atoms with E-state index in [-0.39, 0.29) is 5.91 Å². The van der Waals surface area contributed by atoms with E-state index in [4.69, 9.17) is 0 Å². The summed E-state index contributed by atoms with van der Waals surface area (Å²) in [5, 5.41) is 2.84. The molecular weight excluding hydrogens is 336 g/mol. The lowest BCUT2D eigenvalue weighted by molar-refractivity contribution is 0.102. The number of hydrogen-bond acceptors (Lipinski definition) is 3. The molecule has 1 atom stereocenters. The summed E-state index contributed by atoms with van der Waals surface area (Å²) in [5.74, 6) is 0.194. The number of amides is 1. The molecule has 0 aromatic heterocycles. The Morgan fingerprint density at radius 3 is 2.32 bits per heavy atom. The number of anilines is 2. The quantitative estimate of drug-likeness (QED) is 0.813. The number of sulfonamides is 1. The number of rotatable bonds is 6. The minimum atomic E-state index is -3.40. The standard InChI is InChI=1S/C19H24N2O3S/c1-5-13(2)15-8-10-17(11-9-15)20-19(22)16-7-6-14(3)18(12-16)21-25(4,23)24/h6-13,21H,5H2,1-4H3,(H,20,22)/t13-/m1/s1. The molecule has 0 spiro atoms. The first-order valence-electron chi connectivity index (χ1n) is 8.19. The van der Waals surface area contributed by atoms with Crippen LogP contribution in [0.25, 0.3) is 0 Å². The Morgan fingerprint density at radius 2 is 1.76 bits per heavy atom. The van der Waals surface area contributed by atoms with E-state index >= 15 is 0 Å². The molecule has 2 aromatic rings. The molecular formula is C19H24N2O3S. The predicted octanol–water partition coefficient (Wildman–Crippen LogP) is 4.13. The van der Waals surface area contributed by atoms with Gasteiger partial charge >= 0.3 is 0 Å². The lowest BCUT2D eigenvalue weighted by Crippen LogP contribution is -2.14. The average Bonchev–Trinajstić information content (AvgIpc) is 2.55. The van der Waals surface area contributed by atoms with Crippen molar-refractivity contribution in [2.75, 3.05) is 16.3 Å². The fraction of sp³-hybridized carbons (Fsp3) is 0.316. The maximum absolute atomic E-state index is 12.4. The van der Waals surface area contributed by atoms with Gasteiger partial charge in [-0.25, -0.2) is 8.42 Å². The molecule has 25 heavy (non-hydrogen) atoms. The molecule has 0 bridgehead atoms. The third-order valence-electron chi connectivity index (χ3n) is 4.15.